The first-order valence-corrected chi connectivity index (χ1v) is 7.79. The maximum atomic E-state index is 12.1. The first kappa shape index (κ1) is 15.1. The van der Waals surface area contributed by atoms with Gasteiger partial charge in [-0.1, -0.05) is 27.2 Å². The quantitative estimate of drug-likeness (QED) is 0.891. The summed E-state index contributed by atoms with van der Waals surface area (Å²) in [5.74, 6) is 1.18. The van der Waals surface area contributed by atoms with E-state index in [4.69, 9.17) is 4.42 Å². The van der Waals surface area contributed by atoms with Gasteiger partial charge in [0.25, 0.3) is 5.91 Å². The lowest BCUT2D eigenvalue weighted by atomic mass is 9.69. The van der Waals surface area contributed by atoms with Gasteiger partial charge in [-0.25, -0.2) is 0 Å². The van der Waals surface area contributed by atoms with Crippen molar-refractivity contribution in [3.8, 4) is 0 Å². The molecular formula is C17H27NO2. The molecule has 1 heterocycles. The van der Waals surface area contributed by atoms with E-state index >= 15 is 0 Å². The third kappa shape index (κ3) is 3.25. The number of amides is 1. The van der Waals surface area contributed by atoms with E-state index in [1.54, 1.807) is 6.26 Å². The molecule has 0 aromatic carbocycles. The van der Waals surface area contributed by atoms with E-state index in [0.29, 0.717) is 17.2 Å². The Morgan fingerprint density at radius 2 is 2.00 bits per heavy atom. The minimum absolute atomic E-state index is 0.0642. The average Bonchev–Trinajstić information content (AvgIpc) is 2.85. The van der Waals surface area contributed by atoms with Crippen molar-refractivity contribution >= 4 is 5.91 Å². The smallest absolute Gasteiger partial charge is 0.287 e. The van der Waals surface area contributed by atoms with Crippen LogP contribution in [0.15, 0.2) is 16.7 Å². The lowest BCUT2D eigenvalue weighted by Gasteiger charge is -2.39. The Balaban J connectivity index is 1.86. The second kappa shape index (κ2) is 6.02. The molecule has 3 nitrogen and oxygen atoms in total. The lowest BCUT2D eigenvalue weighted by Crippen LogP contribution is -2.40. The van der Waals surface area contributed by atoms with Crippen LogP contribution in [0.5, 0.6) is 0 Å². The molecule has 0 bridgehead atoms. The van der Waals surface area contributed by atoms with Crippen molar-refractivity contribution < 1.29 is 9.21 Å². The van der Waals surface area contributed by atoms with Crippen LogP contribution in [0.1, 0.15) is 69.0 Å². The fraction of sp³-hybridized carbons (Fsp3) is 0.706. The second-order valence-electron chi connectivity index (χ2n) is 6.80. The first-order valence-electron chi connectivity index (χ1n) is 7.79. The maximum Gasteiger partial charge on any atom is 0.287 e. The highest BCUT2D eigenvalue weighted by Gasteiger charge is 2.32. The number of rotatable bonds is 4. The SMILES string of the molecule is CCC(C)(C)C1CCC(NC(=O)c2occc2C)CC1. The molecule has 1 aromatic rings. The maximum absolute atomic E-state index is 12.1. The van der Waals surface area contributed by atoms with E-state index in [2.05, 4.69) is 26.1 Å². The Morgan fingerprint density at radius 3 is 2.50 bits per heavy atom. The molecule has 1 aromatic heterocycles. The van der Waals surface area contributed by atoms with Gasteiger partial charge in [-0.15, -0.1) is 0 Å². The van der Waals surface area contributed by atoms with Gasteiger partial charge in [0, 0.05) is 11.6 Å². The van der Waals surface area contributed by atoms with Crippen molar-refractivity contribution in [3.05, 3.63) is 23.7 Å². The Hall–Kier alpha value is -1.25. The summed E-state index contributed by atoms with van der Waals surface area (Å²) >= 11 is 0. The first-order chi connectivity index (χ1) is 9.44. The second-order valence-corrected chi connectivity index (χ2v) is 6.80. The third-order valence-corrected chi connectivity index (χ3v) is 5.15. The molecule has 112 valence electrons. The number of hydrogen-bond acceptors (Lipinski definition) is 2. The monoisotopic (exact) mass is 277 g/mol. The van der Waals surface area contributed by atoms with E-state index in [1.165, 1.54) is 19.3 Å². The van der Waals surface area contributed by atoms with Crippen LogP contribution in [0.3, 0.4) is 0 Å². The van der Waals surface area contributed by atoms with Crippen molar-refractivity contribution in [2.45, 2.75) is 65.8 Å². The fourth-order valence-electron chi connectivity index (χ4n) is 3.16. The summed E-state index contributed by atoms with van der Waals surface area (Å²) < 4.78 is 5.25. The molecule has 1 aliphatic carbocycles. The van der Waals surface area contributed by atoms with Gasteiger partial charge in [0.1, 0.15) is 0 Å². The summed E-state index contributed by atoms with van der Waals surface area (Å²) in [4.78, 5) is 12.1. The van der Waals surface area contributed by atoms with Crippen LogP contribution in [0, 0.1) is 18.3 Å². The largest absolute Gasteiger partial charge is 0.459 e. The van der Waals surface area contributed by atoms with Crippen molar-refractivity contribution in [2.75, 3.05) is 0 Å². The van der Waals surface area contributed by atoms with Crippen molar-refractivity contribution in [3.63, 3.8) is 0 Å². The van der Waals surface area contributed by atoms with E-state index < -0.39 is 0 Å². The summed E-state index contributed by atoms with van der Waals surface area (Å²) in [6.45, 7) is 8.90. The van der Waals surface area contributed by atoms with Gasteiger partial charge < -0.3 is 9.73 Å². The molecule has 0 aliphatic heterocycles. The third-order valence-electron chi connectivity index (χ3n) is 5.15. The zero-order valence-corrected chi connectivity index (χ0v) is 13.2. The van der Waals surface area contributed by atoms with Crippen LogP contribution in [-0.4, -0.2) is 11.9 Å². The van der Waals surface area contributed by atoms with Crippen LogP contribution < -0.4 is 5.32 Å². The highest BCUT2D eigenvalue weighted by atomic mass is 16.3. The molecule has 0 radical (unpaired) electrons. The number of carbonyl (C=O) groups is 1. The Bertz CT molecular complexity index is 453. The number of hydrogen-bond donors (Lipinski definition) is 1. The Labute approximate surface area is 122 Å². The molecule has 0 atom stereocenters. The van der Waals surface area contributed by atoms with Crippen LogP contribution in [-0.2, 0) is 0 Å². The molecule has 3 heteroatoms. The van der Waals surface area contributed by atoms with Crippen molar-refractivity contribution in [1.29, 1.82) is 0 Å². The molecule has 2 rings (SSSR count). The van der Waals surface area contributed by atoms with E-state index in [0.717, 1.165) is 24.3 Å². The van der Waals surface area contributed by atoms with E-state index in [1.807, 2.05) is 13.0 Å². The van der Waals surface area contributed by atoms with Crippen molar-refractivity contribution in [1.82, 2.24) is 5.32 Å². The van der Waals surface area contributed by atoms with Crippen LogP contribution in [0.25, 0.3) is 0 Å². The van der Waals surface area contributed by atoms with Gasteiger partial charge in [-0.05, 0) is 50.0 Å². The topological polar surface area (TPSA) is 42.2 Å². The summed E-state index contributed by atoms with van der Waals surface area (Å²) in [6, 6.07) is 2.13. The van der Waals surface area contributed by atoms with E-state index in [9.17, 15) is 4.79 Å². The van der Waals surface area contributed by atoms with Gasteiger partial charge >= 0.3 is 0 Å². The molecule has 20 heavy (non-hydrogen) atoms. The molecule has 1 aliphatic rings. The molecule has 0 unspecified atom stereocenters. The Kier molecular flexibility index (Phi) is 4.56. The summed E-state index contributed by atoms with van der Waals surface area (Å²) in [5.41, 5.74) is 1.33. The predicted molar refractivity (Wildman–Crippen MR) is 80.7 cm³/mol. The van der Waals surface area contributed by atoms with Gasteiger partial charge in [-0.2, -0.15) is 0 Å². The highest BCUT2D eigenvalue weighted by molar-refractivity contribution is 5.92. The summed E-state index contributed by atoms with van der Waals surface area (Å²) in [6.07, 6.45) is 7.39. The predicted octanol–water partition coefficient (Wildman–Crippen LogP) is 4.31. The number of nitrogens with one attached hydrogen (secondary N) is 1. The standard InChI is InChI=1S/C17H27NO2/c1-5-17(3,4)13-6-8-14(9-7-13)18-16(19)15-12(2)10-11-20-15/h10-11,13-14H,5-9H2,1-4H3,(H,18,19). The zero-order valence-electron chi connectivity index (χ0n) is 13.2. The molecule has 0 saturated heterocycles. The summed E-state index contributed by atoms with van der Waals surface area (Å²) in [7, 11) is 0. The average molecular weight is 277 g/mol. The van der Waals surface area contributed by atoms with Gasteiger partial charge in [-0.3, -0.25) is 4.79 Å². The van der Waals surface area contributed by atoms with Crippen molar-refractivity contribution in [2.24, 2.45) is 11.3 Å². The van der Waals surface area contributed by atoms with Gasteiger partial charge in [0.2, 0.25) is 0 Å². The van der Waals surface area contributed by atoms with Crippen LogP contribution in [0.4, 0.5) is 0 Å². The number of aryl methyl sites for hydroxylation is 1. The zero-order chi connectivity index (χ0) is 14.8. The Morgan fingerprint density at radius 1 is 1.35 bits per heavy atom. The normalized spacial score (nSPS) is 23.6. The van der Waals surface area contributed by atoms with Gasteiger partial charge in [0.05, 0.1) is 6.26 Å². The number of furan rings is 1. The van der Waals surface area contributed by atoms with Crippen LogP contribution in [0.2, 0.25) is 0 Å². The minimum Gasteiger partial charge on any atom is -0.459 e. The van der Waals surface area contributed by atoms with E-state index in [-0.39, 0.29) is 5.91 Å². The minimum atomic E-state index is -0.0642. The number of carbonyl (C=O) groups excluding carboxylic acids is 1. The fourth-order valence-corrected chi connectivity index (χ4v) is 3.16. The molecule has 1 fully saturated rings. The molecule has 1 saturated carbocycles. The van der Waals surface area contributed by atoms with Crippen LogP contribution >= 0.6 is 0 Å². The molecule has 0 spiro atoms. The highest BCUT2D eigenvalue weighted by Crippen LogP contribution is 2.40. The molecule has 1 N–H and O–H groups in total. The molecular weight excluding hydrogens is 250 g/mol. The van der Waals surface area contributed by atoms with Gasteiger partial charge in [0.15, 0.2) is 5.76 Å². The lowest BCUT2D eigenvalue weighted by molar-refractivity contribution is 0.0865. The molecule has 1 amide bonds. The summed E-state index contributed by atoms with van der Waals surface area (Å²) in [5, 5.41) is 3.12.